The molecule has 10 nitrogen and oxygen atoms in total. The topological polar surface area (TPSA) is 139 Å². The van der Waals surface area contributed by atoms with Gasteiger partial charge in [0.1, 0.15) is 0 Å². The number of nitro groups is 1. The first-order valence-electron chi connectivity index (χ1n) is 8.18. The monoisotopic (exact) mass is 473 g/mol. The number of aromatic nitrogens is 5. The van der Waals surface area contributed by atoms with Crippen LogP contribution >= 0.6 is 27.7 Å². The summed E-state index contributed by atoms with van der Waals surface area (Å²) in [6.07, 6.45) is 0. The first-order chi connectivity index (χ1) is 14.0. The summed E-state index contributed by atoms with van der Waals surface area (Å²) in [7, 11) is 0. The molecule has 0 radical (unpaired) electrons. The maximum absolute atomic E-state index is 10.7. The van der Waals surface area contributed by atoms with E-state index >= 15 is 0 Å². The van der Waals surface area contributed by atoms with Gasteiger partial charge in [-0.2, -0.15) is 0 Å². The number of rotatable bonds is 6. The molecule has 29 heavy (non-hydrogen) atoms. The predicted molar refractivity (Wildman–Crippen MR) is 109 cm³/mol. The predicted octanol–water partition coefficient (Wildman–Crippen LogP) is 3.67. The fourth-order valence-corrected chi connectivity index (χ4v) is 3.64. The van der Waals surface area contributed by atoms with E-state index in [0.717, 1.165) is 10.0 Å². The highest BCUT2D eigenvalue weighted by Crippen LogP contribution is 2.29. The van der Waals surface area contributed by atoms with Gasteiger partial charge in [0, 0.05) is 27.7 Å². The summed E-state index contributed by atoms with van der Waals surface area (Å²) in [4.78, 5) is 10.3. The van der Waals surface area contributed by atoms with Crippen LogP contribution in [-0.2, 0) is 5.75 Å². The van der Waals surface area contributed by atoms with Crippen LogP contribution in [0.15, 0.2) is 62.6 Å². The minimum absolute atomic E-state index is 0.00724. The number of thioether (sulfide) groups is 1. The summed E-state index contributed by atoms with van der Waals surface area (Å²) < 4.78 is 7.89. The van der Waals surface area contributed by atoms with Crippen molar-refractivity contribution in [3.05, 3.63) is 69.0 Å². The van der Waals surface area contributed by atoms with Crippen molar-refractivity contribution in [1.29, 1.82) is 0 Å². The average molecular weight is 474 g/mol. The first-order valence-corrected chi connectivity index (χ1v) is 9.96. The smallest absolute Gasteiger partial charge is 0.269 e. The largest absolute Gasteiger partial charge is 0.420 e. The second kappa shape index (κ2) is 8.01. The Balaban J connectivity index is 1.47. The molecule has 0 saturated heterocycles. The first kappa shape index (κ1) is 19.1. The molecule has 0 bridgehead atoms. The van der Waals surface area contributed by atoms with E-state index in [9.17, 15) is 10.1 Å². The number of nitrogens with zero attached hydrogens (tertiary/aromatic N) is 6. The zero-order valence-electron chi connectivity index (χ0n) is 14.6. The molecule has 2 heterocycles. The Hall–Kier alpha value is -3.25. The Labute approximate surface area is 176 Å². The van der Waals surface area contributed by atoms with Crippen LogP contribution in [0.4, 0.5) is 5.69 Å². The normalized spacial score (nSPS) is 10.9. The maximum atomic E-state index is 10.7. The van der Waals surface area contributed by atoms with E-state index in [1.54, 1.807) is 12.1 Å². The van der Waals surface area contributed by atoms with Crippen LogP contribution in [0.2, 0.25) is 0 Å². The zero-order chi connectivity index (χ0) is 20.4. The van der Waals surface area contributed by atoms with Gasteiger partial charge in [0.15, 0.2) is 5.82 Å². The molecule has 4 aromatic rings. The van der Waals surface area contributed by atoms with Crippen LogP contribution < -0.4 is 5.84 Å². The number of hydrogen-bond donors (Lipinski definition) is 1. The van der Waals surface area contributed by atoms with Gasteiger partial charge >= 0.3 is 0 Å². The van der Waals surface area contributed by atoms with E-state index in [1.807, 2.05) is 24.3 Å². The molecular formula is C17H12BrN7O3S. The van der Waals surface area contributed by atoms with Crippen molar-refractivity contribution in [2.45, 2.75) is 10.9 Å². The average Bonchev–Trinajstić information content (AvgIpc) is 3.34. The maximum Gasteiger partial charge on any atom is 0.269 e. The molecule has 2 N–H and O–H groups in total. The number of halogens is 1. The SMILES string of the molecule is Nn1c(SCc2nnc(-c3ccc([N+](=O)[O-])cc3)o2)nnc1-c1ccccc1Br. The minimum atomic E-state index is -0.467. The summed E-state index contributed by atoms with van der Waals surface area (Å²) in [5.41, 5.74) is 1.41. The molecule has 0 aliphatic rings. The van der Waals surface area contributed by atoms with Gasteiger partial charge in [-0.15, -0.1) is 20.4 Å². The molecule has 2 aromatic carbocycles. The van der Waals surface area contributed by atoms with Crippen LogP contribution in [0, 0.1) is 10.1 Å². The van der Waals surface area contributed by atoms with E-state index in [0.29, 0.717) is 28.2 Å². The number of nitrogen functional groups attached to an aromatic ring is 1. The van der Waals surface area contributed by atoms with Gasteiger partial charge < -0.3 is 10.3 Å². The molecule has 0 saturated carbocycles. The van der Waals surface area contributed by atoms with E-state index in [1.165, 1.54) is 28.6 Å². The van der Waals surface area contributed by atoms with E-state index in [-0.39, 0.29) is 11.6 Å². The minimum Gasteiger partial charge on any atom is -0.420 e. The molecule has 0 aliphatic carbocycles. The standard InChI is InChI=1S/C17H12BrN7O3S/c18-13-4-2-1-3-12(13)15-21-23-17(24(15)19)29-9-14-20-22-16(28-14)10-5-7-11(8-6-10)25(26)27/h1-8H,9,19H2. The fraction of sp³-hybridized carbons (Fsp3) is 0.0588. The summed E-state index contributed by atoms with van der Waals surface area (Å²) in [6, 6.07) is 13.5. The van der Waals surface area contributed by atoms with Crippen LogP contribution in [0.1, 0.15) is 5.89 Å². The summed E-state index contributed by atoms with van der Waals surface area (Å²) >= 11 is 4.78. The number of benzene rings is 2. The summed E-state index contributed by atoms with van der Waals surface area (Å²) in [6.45, 7) is 0. The lowest BCUT2D eigenvalue weighted by atomic mass is 10.2. The van der Waals surface area contributed by atoms with Gasteiger partial charge in [-0.1, -0.05) is 39.8 Å². The van der Waals surface area contributed by atoms with Crippen molar-refractivity contribution >= 4 is 33.4 Å². The van der Waals surface area contributed by atoms with Gasteiger partial charge in [0.05, 0.1) is 10.7 Å². The van der Waals surface area contributed by atoms with Crippen LogP contribution in [0.5, 0.6) is 0 Å². The van der Waals surface area contributed by atoms with Gasteiger partial charge in [0.25, 0.3) is 5.69 Å². The van der Waals surface area contributed by atoms with Crippen molar-refractivity contribution in [3.63, 3.8) is 0 Å². The molecule has 0 amide bonds. The Morgan fingerprint density at radius 1 is 1.10 bits per heavy atom. The third kappa shape index (κ3) is 3.98. The van der Waals surface area contributed by atoms with E-state index in [4.69, 9.17) is 10.3 Å². The Kier molecular flexibility index (Phi) is 5.27. The third-order valence-corrected chi connectivity index (χ3v) is 5.52. The number of hydrogen-bond acceptors (Lipinski definition) is 9. The van der Waals surface area contributed by atoms with E-state index < -0.39 is 4.92 Å². The fourth-order valence-electron chi connectivity index (χ4n) is 2.48. The lowest BCUT2D eigenvalue weighted by Gasteiger charge is -2.04. The number of non-ortho nitro benzene ring substituents is 1. The molecule has 0 atom stereocenters. The highest BCUT2D eigenvalue weighted by atomic mass is 79.9. The second-order valence-corrected chi connectivity index (χ2v) is 7.55. The highest BCUT2D eigenvalue weighted by Gasteiger charge is 2.16. The highest BCUT2D eigenvalue weighted by molar-refractivity contribution is 9.10. The van der Waals surface area contributed by atoms with Crippen LogP contribution in [-0.4, -0.2) is 30.0 Å². The molecule has 12 heteroatoms. The molecule has 4 rings (SSSR count). The van der Waals surface area contributed by atoms with Crippen molar-refractivity contribution < 1.29 is 9.34 Å². The van der Waals surface area contributed by atoms with Crippen molar-refractivity contribution in [1.82, 2.24) is 25.1 Å². The third-order valence-electron chi connectivity index (χ3n) is 3.90. The second-order valence-electron chi connectivity index (χ2n) is 5.75. The van der Waals surface area contributed by atoms with Gasteiger partial charge in [-0.25, -0.2) is 4.68 Å². The Bertz CT molecular complexity index is 1180. The molecule has 0 unspecified atom stereocenters. The van der Waals surface area contributed by atoms with Gasteiger partial charge in [0.2, 0.25) is 16.9 Å². The number of nitro benzene ring substituents is 1. The molecule has 0 fully saturated rings. The lowest BCUT2D eigenvalue weighted by molar-refractivity contribution is -0.384. The lowest BCUT2D eigenvalue weighted by Crippen LogP contribution is -2.11. The van der Waals surface area contributed by atoms with Crippen molar-refractivity contribution in [2.24, 2.45) is 0 Å². The van der Waals surface area contributed by atoms with Crippen LogP contribution in [0.3, 0.4) is 0 Å². The molecule has 2 aromatic heterocycles. The van der Waals surface area contributed by atoms with E-state index in [2.05, 4.69) is 36.3 Å². The summed E-state index contributed by atoms with van der Waals surface area (Å²) in [5.74, 6) is 7.64. The Morgan fingerprint density at radius 3 is 2.59 bits per heavy atom. The van der Waals surface area contributed by atoms with Gasteiger partial charge in [-0.3, -0.25) is 10.1 Å². The Morgan fingerprint density at radius 2 is 1.86 bits per heavy atom. The van der Waals surface area contributed by atoms with Gasteiger partial charge in [-0.05, 0) is 24.3 Å². The molecule has 0 aliphatic heterocycles. The molecular weight excluding hydrogens is 462 g/mol. The molecule has 146 valence electrons. The van der Waals surface area contributed by atoms with Crippen LogP contribution in [0.25, 0.3) is 22.8 Å². The summed E-state index contributed by atoms with van der Waals surface area (Å²) in [5, 5.41) is 27.5. The van der Waals surface area contributed by atoms with Crippen molar-refractivity contribution in [2.75, 3.05) is 5.84 Å². The zero-order valence-corrected chi connectivity index (χ0v) is 17.0. The molecule has 0 spiro atoms. The van der Waals surface area contributed by atoms with Crippen molar-refractivity contribution in [3.8, 4) is 22.8 Å². The quantitative estimate of drug-likeness (QED) is 0.192. The number of nitrogens with two attached hydrogens (primary N) is 1.